The SMILES string of the molecule is C.C.C.C.C.CCc1ccccc1.CCc1ccccc1.CN.C[N+](=O)[O-].C[N+](=O)[O-].C[N+](=O)[O-].C[N+](=O)[O-].ClCc1ccccc1.I.O=S(=O)(Cl)Cc1ccccc1.O=S(=O)([O-])Cc1ccccc1.O=S(Cl)Cl.O=[S-](=O)[O-].[HH].[Na+].[Na+].[Na+]. The molecule has 458 valence electrons. The molecule has 5 aromatic rings. The van der Waals surface area contributed by atoms with Crippen LogP contribution in [-0.4, -0.2) is 85.1 Å². The van der Waals surface area contributed by atoms with Crippen LogP contribution in [-0.2, 0) is 78.0 Å². The minimum atomic E-state index is -4.13. The number of halogens is 5. The zero-order chi connectivity index (χ0) is 57.6. The molecule has 0 spiro atoms. The maximum Gasteiger partial charge on any atom is 1.00 e. The van der Waals surface area contributed by atoms with Crippen molar-refractivity contribution >= 4 is 107 Å². The first-order valence-electron chi connectivity index (χ1n) is 19.4. The summed E-state index contributed by atoms with van der Waals surface area (Å²) in [5, 5.41) is 35.2. The van der Waals surface area contributed by atoms with Gasteiger partial charge in [-0.3, -0.25) is 40.5 Å². The van der Waals surface area contributed by atoms with Gasteiger partial charge in [-0.15, -0.1) is 35.6 Å². The topological polar surface area (TPSA) is 364 Å². The van der Waals surface area contributed by atoms with Gasteiger partial charge in [0, 0.05) is 59.0 Å². The molecular formula is C47H81Cl4IN5Na3O17S4. The number of nitro groups is 4. The van der Waals surface area contributed by atoms with Gasteiger partial charge >= 0.3 is 88.7 Å². The molecule has 0 radical (unpaired) electrons. The molecule has 2 N–H and O–H groups in total. The van der Waals surface area contributed by atoms with E-state index >= 15 is 0 Å². The van der Waals surface area contributed by atoms with Crippen molar-refractivity contribution in [2.45, 2.75) is 81.2 Å². The minimum absolute atomic E-state index is 0. The predicted octanol–water partition coefficient (Wildman–Crippen LogP) is 4.08. The first-order valence-corrected chi connectivity index (χ1v) is 27.8. The van der Waals surface area contributed by atoms with Crippen LogP contribution in [0.3, 0.4) is 0 Å². The van der Waals surface area contributed by atoms with Gasteiger partial charge in [0.25, 0.3) is 0 Å². The van der Waals surface area contributed by atoms with Crippen LogP contribution in [0.25, 0.3) is 0 Å². The van der Waals surface area contributed by atoms with E-state index in [2.05, 4.69) is 89.5 Å². The first-order chi connectivity index (χ1) is 33.3. The maximum absolute atomic E-state index is 10.6. The molecule has 0 aliphatic heterocycles. The van der Waals surface area contributed by atoms with E-state index in [0.717, 1.165) is 41.0 Å². The van der Waals surface area contributed by atoms with Crippen molar-refractivity contribution in [2.75, 3.05) is 35.2 Å². The summed E-state index contributed by atoms with van der Waals surface area (Å²) >= 11 is 5.53. The number of rotatable bonds is 7. The fourth-order valence-electron chi connectivity index (χ4n) is 3.55. The molecule has 0 amide bonds. The van der Waals surface area contributed by atoms with Crippen LogP contribution in [0.5, 0.6) is 0 Å². The molecule has 0 unspecified atom stereocenters. The molecule has 0 aliphatic rings. The van der Waals surface area contributed by atoms with Gasteiger partial charge in [-0.2, -0.15) is 11.0 Å². The van der Waals surface area contributed by atoms with Crippen molar-refractivity contribution < 1.29 is 148 Å². The molecule has 22 nitrogen and oxygen atoms in total. The Morgan fingerprint density at radius 3 is 0.753 bits per heavy atom. The van der Waals surface area contributed by atoms with E-state index in [1.165, 1.54) is 23.7 Å². The molecule has 0 aliphatic carbocycles. The average molecular weight is 1450 g/mol. The summed E-state index contributed by atoms with van der Waals surface area (Å²) in [5.41, 5.74) is 9.74. The normalized spacial score (nSPS) is 7.95. The Bertz CT molecular complexity index is 2170. The van der Waals surface area contributed by atoms with Crippen molar-refractivity contribution in [1.82, 2.24) is 0 Å². The van der Waals surface area contributed by atoms with Crippen LogP contribution in [0.1, 0.15) is 80.2 Å². The van der Waals surface area contributed by atoms with Gasteiger partial charge in [-0.1, -0.05) is 203 Å². The Morgan fingerprint density at radius 1 is 0.494 bits per heavy atom. The third-order valence-corrected chi connectivity index (χ3v) is 7.87. The van der Waals surface area contributed by atoms with Crippen LogP contribution >= 0.6 is 67.6 Å². The van der Waals surface area contributed by atoms with Crippen molar-refractivity contribution in [3.63, 3.8) is 0 Å². The molecule has 5 aromatic carbocycles. The summed E-state index contributed by atoms with van der Waals surface area (Å²) < 4.78 is 86.3. The van der Waals surface area contributed by atoms with E-state index in [0.29, 0.717) is 17.0 Å². The van der Waals surface area contributed by atoms with Gasteiger partial charge in [0.15, 0.2) is 28.2 Å². The Morgan fingerprint density at radius 2 is 0.642 bits per heavy atom. The van der Waals surface area contributed by atoms with Gasteiger partial charge in [-0.25, -0.2) is 21.0 Å². The van der Waals surface area contributed by atoms with Gasteiger partial charge in [0.1, 0.15) is 0 Å². The number of aryl methyl sites for hydroxylation is 2. The third-order valence-electron chi connectivity index (χ3n) is 5.87. The zero-order valence-electron chi connectivity index (χ0n) is 43.3. The van der Waals surface area contributed by atoms with Crippen molar-refractivity contribution in [1.29, 1.82) is 0 Å². The Balaban J connectivity index is -0.0000000380. The summed E-state index contributed by atoms with van der Waals surface area (Å²) in [6.45, 7) is 4.32. The molecule has 0 bridgehead atoms. The van der Waals surface area contributed by atoms with E-state index < -0.39 is 64.8 Å². The summed E-state index contributed by atoms with van der Waals surface area (Å²) in [5.74, 6) is 0.0874. The minimum Gasteiger partial charge on any atom is -0.917 e. The molecule has 0 aromatic heterocycles. The van der Waals surface area contributed by atoms with E-state index in [1.807, 2.05) is 48.5 Å². The fourth-order valence-corrected chi connectivity index (χ4v) is 5.29. The number of hydrogen-bond donors (Lipinski definition) is 1. The second-order valence-electron chi connectivity index (χ2n) is 11.8. The van der Waals surface area contributed by atoms with Crippen LogP contribution in [0.2, 0.25) is 0 Å². The molecule has 0 saturated carbocycles. The molecule has 34 heteroatoms. The molecule has 5 rings (SSSR count). The second kappa shape index (κ2) is 87.2. The number of nitrogens with two attached hydrogens (primary N) is 1. The largest absolute Gasteiger partial charge is 1.00 e. The fraction of sp³-hybridized carbons (Fsp3) is 0.362. The van der Waals surface area contributed by atoms with Crippen molar-refractivity contribution in [3.8, 4) is 0 Å². The Kier molecular flexibility index (Phi) is 131. The van der Waals surface area contributed by atoms with Crippen molar-refractivity contribution in [3.05, 3.63) is 220 Å². The van der Waals surface area contributed by atoms with Crippen LogP contribution in [0, 0.1) is 40.5 Å². The van der Waals surface area contributed by atoms with Crippen LogP contribution in [0.4, 0.5) is 0 Å². The molecule has 81 heavy (non-hydrogen) atoms. The molecular weight excluding hydrogens is 1370 g/mol. The van der Waals surface area contributed by atoms with E-state index in [9.17, 15) is 21.4 Å². The van der Waals surface area contributed by atoms with Gasteiger partial charge in [0.05, 0.1) is 21.6 Å². The summed E-state index contributed by atoms with van der Waals surface area (Å²) in [6.07, 6.45) is 2.28. The molecule has 0 atom stereocenters. The van der Waals surface area contributed by atoms with Gasteiger partial charge in [0.2, 0.25) is 18.3 Å². The number of hydrogen-bond acceptors (Lipinski definition) is 19. The third kappa shape index (κ3) is 155. The first kappa shape index (κ1) is 121. The Hall–Kier alpha value is -1.53. The Labute approximate surface area is 590 Å². The van der Waals surface area contributed by atoms with Crippen LogP contribution < -0.4 is 94.4 Å². The van der Waals surface area contributed by atoms with E-state index in [1.54, 1.807) is 54.6 Å². The van der Waals surface area contributed by atoms with Gasteiger partial charge < -0.3 is 23.3 Å². The number of nitrogens with zero attached hydrogens (tertiary/aromatic N) is 4. The number of benzene rings is 5. The van der Waals surface area contributed by atoms with Gasteiger partial charge in [-0.05, 0) is 47.7 Å². The second-order valence-corrected chi connectivity index (χ2v) is 19.2. The maximum atomic E-state index is 10.6. The molecule has 0 fully saturated rings. The molecule has 0 saturated heterocycles. The summed E-state index contributed by atoms with van der Waals surface area (Å²) in [6, 6.07) is 48.1. The van der Waals surface area contributed by atoms with Crippen LogP contribution in [0.15, 0.2) is 152 Å². The average Bonchev–Trinajstić information content (AvgIpc) is 3.27. The van der Waals surface area contributed by atoms with Crippen molar-refractivity contribution in [2.24, 2.45) is 5.73 Å². The summed E-state index contributed by atoms with van der Waals surface area (Å²) in [4.78, 5) is 33.2. The molecule has 0 heterocycles. The standard InChI is InChI=1S/2C8H10.C7H7ClO2S.C7H7Cl.C7H8O3S.4CH3NO2.CH5N.5CH4.Cl2OS.HI.3Na.O3S.H2/c2*1-2-8-6-4-3-5-7-8;8-11(9,10)6-7-4-2-1-3-5-7;8-6-7-4-2-1-3-5-7;8-11(9,10)6-7-4-2-1-3-5-7;4*1-2(3)4;1-2;;;;;;1-4(2)3;;;;;1-4(2)3;/h2*3-7H,2H2,1H3;1-5H,6H2;1-5H,6H2;1-5H,6H2,(H,8,9,10);4*1H3;2H2,1H3;5*1H4;;1H;;;;;1H/q;;;;;;;;;;;;;;;;;3*+1;-2;/p-1. The van der Waals surface area contributed by atoms with E-state index in [4.69, 9.17) is 79.9 Å². The predicted molar refractivity (Wildman–Crippen MR) is 335 cm³/mol. The zero-order valence-corrected chi connectivity index (χ0v) is 57.9. The monoisotopic (exact) mass is 1450 g/mol. The quantitative estimate of drug-likeness (QED) is 0.0276. The number of alkyl halides is 1. The van der Waals surface area contributed by atoms with E-state index in [-0.39, 0.29) is 157 Å². The summed E-state index contributed by atoms with van der Waals surface area (Å²) in [7, 11) is 6.81. The smallest absolute Gasteiger partial charge is 0.917 e.